The van der Waals surface area contributed by atoms with E-state index in [2.05, 4.69) is 41.7 Å². The van der Waals surface area contributed by atoms with Gasteiger partial charge in [0.05, 0.1) is 17.4 Å². The lowest BCUT2D eigenvalue weighted by atomic mass is 9.84. The van der Waals surface area contributed by atoms with Gasteiger partial charge in [0, 0.05) is 40.0 Å². The summed E-state index contributed by atoms with van der Waals surface area (Å²) in [7, 11) is 0. The largest absolute Gasteiger partial charge is 0.463 e. The highest BCUT2D eigenvalue weighted by atomic mass is 32.2. The Kier molecular flexibility index (Phi) is 14.8. The van der Waals surface area contributed by atoms with Crippen molar-refractivity contribution < 1.29 is 52.4 Å². The number of nitrogens with two attached hydrogens (primary N) is 1. The molecule has 278 valence electrons. The van der Waals surface area contributed by atoms with Gasteiger partial charge in [-0.1, -0.05) is 91.0 Å². The maximum absolute atomic E-state index is 13.3. The molecule has 13 nitrogen and oxygen atoms in total. The molecular weight excluding hydrogens is 692 g/mol. The molecule has 0 radical (unpaired) electrons. The molecule has 0 aliphatic carbocycles. The minimum absolute atomic E-state index is 0.0226. The van der Waals surface area contributed by atoms with Crippen molar-refractivity contribution in [3.8, 4) is 0 Å². The Morgan fingerprint density at radius 1 is 0.712 bits per heavy atom. The van der Waals surface area contributed by atoms with Gasteiger partial charge in [-0.25, -0.2) is 0 Å². The molecule has 1 fully saturated rings. The first-order valence-corrected chi connectivity index (χ1v) is 17.7. The summed E-state index contributed by atoms with van der Waals surface area (Å²) < 4.78 is 32.5. The monoisotopic (exact) mass is 736 g/mol. The van der Waals surface area contributed by atoms with Crippen molar-refractivity contribution >= 4 is 41.5 Å². The molecule has 3 aromatic rings. The fourth-order valence-corrected chi connectivity index (χ4v) is 7.35. The molecule has 3 aromatic carbocycles. The first kappa shape index (κ1) is 40.0. The van der Waals surface area contributed by atoms with Crippen LogP contribution in [0.25, 0.3) is 0 Å². The van der Waals surface area contributed by atoms with E-state index in [9.17, 15) is 24.0 Å². The third kappa shape index (κ3) is 10.6. The van der Waals surface area contributed by atoms with Gasteiger partial charge in [-0.2, -0.15) is 0 Å². The molecule has 0 unspecified atom stereocenters. The van der Waals surface area contributed by atoms with E-state index < -0.39 is 77.9 Å². The van der Waals surface area contributed by atoms with Crippen molar-refractivity contribution in [1.82, 2.24) is 5.32 Å². The van der Waals surface area contributed by atoms with Crippen LogP contribution in [0.3, 0.4) is 0 Å². The lowest BCUT2D eigenvalue weighted by Crippen LogP contribution is -2.63. The lowest BCUT2D eigenvalue weighted by molar-refractivity contribution is -0.307. The zero-order valence-electron chi connectivity index (χ0n) is 29.4. The Hall–Kier alpha value is -4.76. The van der Waals surface area contributed by atoms with Gasteiger partial charge in [-0.3, -0.25) is 24.0 Å². The van der Waals surface area contributed by atoms with Crippen molar-refractivity contribution in [2.24, 2.45) is 5.73 Å². The highest BCUT2D eigenvalue weighted by Gasteiger charge is 2.52. The molecule has 0 bridgehead atoms. The molecule has 0 spiro atoms. The van der Waals surface area contributed by atoms with Crippen LogP contribution in [0, 0.1) is 0 Å². The van der Waals surface area contributed by atoms with Crippen molar-refractivity contribution in [3.05, 3.63) is 108 Å². The van der Waals surface area contributed by atoms with E-state index in [0.717, 1.165) is 37.5 Å². The minimum atomic E-state index is -1.38. The summed E-state index contributed by atoms with van der Waals surface area (Å²) in [4.78, 5) is 61.0. The average Bonchev–Trinajstić information content (AvgIpc) is 3.12. The highest BCUT2D eigenvalue weighted by molar-refractivity contribution is 8.00. The van der Waals surface area contributed by atoms with Gasteiger partial charge < -0.3 is 39.5 Å². The third-order valence-electron chi connectivity index (χ3n) is 7.99. The standard InChI is InChI=1S/C38H44N2O11S/c1-24(41)47-22-32-33(48-25(2)42)34(49-26(3)43)35(50-27(4)44)37(51-32)46-21-20-40-36(45)31(39)23-52-38(28-14-8-5-9-15-28,29-16-10-6-11-17-29)30-18-12-7-13-19-30/h5-19,31-35,37H,20-23,39H2,1-4H3,(H,40,45)/t31-,32+,33+,34-,35-,37-/m0/s1. The van der Waals surface area contributed by atoms with Crippen LogP contribution in [0.4, 0.5) is 0 Å². The van der Waals surface area contributed by atoms with E-state index in [1.54, 1.807) is 11.8 Å². The molecule has 52 heavy (non-hydrogen) atoms. The first-order chi connectivity index (χ1) is 24.9. The van der Waals surface area contributed by atoms with Crippen LogP contribution in [-0.4, -0.2) is 92.0 Å². The first-order valence-electron chi connectivity index (χ1n) is 16.7. The van der Waals surface area contributed by atoms with Crippen LogP contribution in [0.1, 0.15) is 44.4 Å². The molecule has 1 amide bonds. The normalized spacial score (nSPS) is 20.5. The summed E-state index contributed by atoms with van der Waals surface area (Å²) in [5.41, 5.74) is 9.56. The quantitative estimate of drug-likeness (QED) is 0.0949. The van der Waals surface area contributed by atoms with Gasteiger partial charge in [-0.05, 0) is 16.7 Å². The number of ether oxygens (including phenoxy) is 6. The van der Waals surface area contributed by atoms with E-state index in [4.69, 9.17) is 34.2 Å². The second kappa shape index (κ2) is 19.2. The Morgan fingerprint density at radius 3 is 1.63 bits per heavy atom. The van der Waals surface area contributed by atoms with Gasteiger partial charge >= 0.3 is 23.9 Å². The number of esters is 4. The predicted octanol–water partition coefficient (Wildman–Crippen LogP) is 3.25. The Balaban J connectivity index is 1.46. The number of nitrogens with one attached hydrogen (secondary N) is 1. The topological polar surface area (TPSA) is 179 Å². The van der Waals surface area contributed by atoms with Crippen molar-refractivity contribution in [2.75, 3.05) is 25.5 Å². The van der Waals surface area contributed by atoms with Crippen molar-refractivity contribution in [2.45, 2.75) is 69.2 Å². The van der Waals surface area contributed by atoms with Gasteiger partial charge in [0.25, 0.3) is 0 Å². The minimum Gasteiger partial charge on any atom is -0.463 e. The zero-order chi connectivity index (χ0) is 37.7. The van der Waals surface area contributed by atoms with Crippen LogP contribution < -0.4 is 11.1 Å². The van der Waals surface area contributed by atoms with Crippen LogP contribution in [0.2, 0.25) is 0 Å². The third-order valence-corrected chi connectivity index (χ3v) is 9.65. The number of carbonyl (C=O) groups excluding carboxylic acids is 5. The second-order valence-corrected chi connectivity index (χ2v) is 13.2. The summed E-state index contributed by atoms with van der Waals surface area (Å²) in [6.07, 6.45) is -6.59. The summed E-state index contributed by atoms with van der Waals surface area (Å²) in [5, 5.41) is 2.77. The van der Waals surface area contributed by atoms with E-state index >= 15 is 0 Å². The van der Waals surface area contributed by atoms with E-state index in [0.29, 0.717) is 0 Å². The van der Waals surface area contributed by atoms with E-state index in [-0.39, 0.29) is 18.9 Å². The van der Waals surface area contributed by atoms with Crippen LogP contribution in [0.5, 0.6) is 0 Å². The molecule has 0 saturated carbocycles. The summed E-state index contributed by atoms with van der Waals surface area (Å²) in [6, 6.07) is 29.2. The smallest absolute Gasteiger partial charge is 0.303 e. The van der Waals surface area contributed by atoms with E-state index in [1.165, 1.54) is 6.92 Å². The second-order valence-electron chi connectivity index (χ2n) is 11.9. The van der Waals surface area contributed by atoms with Gasteiger partial charge in [0.15, 0.2) is 24.6 Å². The predicted molar refractivity (Wildman–Crippen MR) is 191 cm³/mol. The average molecular weight is 737 g/mol. The number of benzene rings is 3. The number of carbonyl (C=O) groups is 5. The number of thioether (sulfide) groups is 1. The van der Waals surface area contributed by atoms with Crippen LogP contribution in [-0.2, 0) is 57.1 Å². The number of hydrogen-bond donors (Lipinski definition) is 2. The molecular formula is C38H44N2O11S. The summed E-state index contributed by atoms with van der Waals surface area (Å²) in [5.74, 6) is -3.08. The number of amides is 1. The SMILES string of the molecule is CC(=O)OC[C@H]1O[C@H](OCCNC(=O)[C@@H](N)CSC(c2ccccc2)(c2ccccc2)c2ccccc2)[C@@H](OC(C)=O)[C@@H](OC(C)=O)[C@@H]1OC(C)=O. The highest BCUT2D eigenvalue weighted by Crippen LogP contribution is 2.48. The lowest BCUT2D eigenvalue weighted by Gasteiger charge is -2.44. The van der Waals surface area contributed by atoms with Crippen molar-refractivity contribution in [3.63, 3.8) is 0 Å². The van der Waals surface area contributed by atoms with Gasteiger partial charge in [0.1, 0.15) is 12.7 Å². The summed E-state index contributed by atoms with van der Waals surface area (Å²) in [6.45, 7) is 4.01. The fraction of sp³-hybridized carbons (Fsp3) is 0.395. The van der Waals surface area contributed by atoms with E-state index in [1.807, 2.05) is 54.6 Å². The van der Waals surface area contributed by atoms with Crippen LogP contribution >= 0.6 is 11.8 Å². The molecule has 1 saturated heterocycles. The molecule has 1 heterocycles. The molecule has 3 N–H and O–H groups in total. The molecule has 14 heteroatoms. The number of rotatable bonds is 16. The molecule has 6 atom stereocenters. The number of hydrogen-bond acceptors (Lipinski definition) is 13. The maximum Gasteiger partial charge on any atom is 0.303 e. The summed E-state index contributed by atoms with van der Waals surface area (Å²) >= 11 is 1.55. The molecule has 4 rings (SSSR count). The molecule has 0 aromatic heterocycles. The molecule has 1 aliphatic heterocycles. The zero-order valence-corrected chi connectivity index (χ0v) is 30.2. The Morgan fingerprint density at radius 2 is 1.17 bits per heavy atom. The molecule has 1 aliphatic rings. The van der Waals surface area contributed by atoms with Gasteiger partial charge in [-0.15, -0.1) is 11.8 Å². The van der Waals surface area contributed by atoms with Gasteiger partial charge in [0.2, 0.25) is 5.91 Å². The Bertz CT molecular complexity index is 1550. The fourth-order valence-electron chi connectivity index (χ4n) is 5.86. The Labute approximate surface area is 306 Å². The maximum atomic E-state index is 13.3. The van der Waals surface area contributed by atoms with Crippen LogP contribution in [0.15, 0.2) is 91.0 Å². The van der Waals surface area contributed by atoms with Crippen molar-refractivity contribution in [1.29, 1.82) is 0 Å².